The van der Waals surface area contributed by atoms with E-state index < -0.39 is 0 Å². The Morgan fingerprint density at radius 1 is 1.32 bits per heavy atom. The van der Waals surface area contributed by atoms with Gasteiger partial charge in [0.1, 0.15) is 0 Å². The van der Waals surface area contributed by atoms with E-state index in [4.69, 9.17) is 9.47 Å². The van der Waals surface area contributed by atoms with Crippen molar-refractivity contribution in [2.24, 2.45) is 5.92 Å². The molecular weight excluding hydrogens is 310 g/mol. The first-order valence-electron chi connectivity index (χ1n) is 6.45. The summed E-state index contributed by atoms with van der Waals surface area (Å²) in [4.78, 5) is 0. The highest BCUT2D eigenvalue weighted by Crippen LogP contribution is 2.36. The summed E-state index contributed by atoms with van der Waals surface area (Å²) < 4.78 is 11.5. The molecule has 0 radical (unpaired) electrons. The van der Waals surface area contributed by atoms with Crippen molar-refractivity contribution in [2.75, 3.05) is 27.4 Å². The summed E-state index contributed by atoms with van der Waals surface area (Å²) in [5.41, 5.74) is 0.987. The number of hydrogen-bond donors (Lipinski definition) is 2. The molecule has 5 heteroatoms. The molecule has 0 amide bonds. The van der Waals surface area contributed by atoms with Gasteiger partial charge in [-0.25, -0.2) is 0 Å². The van der Waals surface area contributed by atoms with E-state index in [1.807, 2.05) is 12.1 Å². The zero-order valence-corrected chi connectivity index (χ0v) is 12.9. The summed E-state index contributed by atoms with van der Waals surface area (Å²) in [5.74, 6) is 2.12. The van der Waals surface area contributed by atoms with Gasteiger partial charge in [-0.1, -0.05) is 15.9 Å². The van der Waals surface area contributed by atoms with Gasteiger partial charge in [0.2, 0.25) is 0 Å². The largest absolute Gasteiger partial charge is 0.493 e. The van der Waals surface area contributed by atoms with Crippen LogP contribution in [0, 0.1) is 5.92 Å². The standard InChI is InChI=1S/C14H20BrNO3/c1-18-13-5-10(11(15)6-14(13)19-2)12(8-17)16-7-9-3-4-9/h5-6,9,12,16-17H,3-4,7-8H2,1-2H3. The van der Waals surface area contributed by atoms with E-state index in [0.717, 1.165) is 22.5 Å². The second-order valence-corrected chi connectivity index (χ2v) is 5.67. The fraction of sp³-hybridized carbons (Fsp3) is 0.571. The van der Waals surface area contributed by atoms with Crippen molar-refractivity contribution in [2.45, 2.75) is 18.9 Å². The van der Waals surface area contributed by atoms with Gasteiger partial charge < -0.3 is 19.9 Å². The van der Waals surface area contributed by atoms with Crippen molar-refractivity contribution in [1.82, 2.24) is 5.32 Å². The van der Waals surface area contributed by atoms with Crippen molar-refractivity contribution in [1.29, 1.82) is 0 Å². The summed E-state index contributed by atoms with van der Waals surface area (Å²) in [7, 11) is 3.22. The minimum Gasteiger partial charge on any atom is -0.493 e. The molecule has 0 aliphatic heterocycles. The number of hydrogen-bond acceptors (Lipinski definition) is 4. The third kappa shape index (κ3) is 3.61. The van der Waals surface area contributed by atoms with Crippen molar-refractivity contribution in [3.63, 3.8) is 0 Å². The van der Waals surface area contributed by atoms with Crippen molar-refractivity contribution in [3.8, 4) is 11.5 Å². The third-order valence-electron chi connectivity index (χ3n) is 3.41. The third-order valence-corrected chi connectivity index (χ3v) is 4.10. The molecule has 2 rings (SSSR count). The molecule has 1 aliphatic carbocycles. The average Bonchev–Trinajstić information content (AvgIpc) is 3.24. The van der Waals surface area contributed by atoms with E-state index >= 15 is 0 Å². The first-order valence-corrected chi connectivity index (χ1v) is 7.24. The van der Waals surface area contributed by atoms with Gasteiger partial charge in [0, 0.05) is 4.47 Å². The topological polar surface area (TPSA) is 50.7 Å². The highest BCUT2D eigenvalue weighted by molar-refractivity contribution is 9.10. The van der Waals surface area contributed by atoms with Gasteiger partial charge in [-0.2, -0.15) is 0 Å². The fourth-order valence-corrected chi connectivity index (χ4v) is 2.64. The zero-order chi connectivity index (χ0) is 13.8. The van der Waals surface area contributed by atoms with Gasteiger partial charge in [-0.15, -0.1) is 0 Å². The Morgan fingerprint density at radius 2 is 1.95 bits per heavy atom. The Bertz CT molecular complexity index is 435. The molecule has 1 fully saturated rings. The zero-order valence-electron chi connectivity index (χ0n) is 11.3. The Balaban J connectivity index is 2.19. The van der Waals surface area contributed by atoms with Crippen LogP contribution in [-0.2, 0) is 0 Å². The monoisotopic (exact) mass is 329 g/mol. The predicted molar refractivity (Wildman–Crippen MR) is 77.8 cm³/mol. The fourth-order valence-electron chi connectivity index (χ4n) is 2.04. The molecule has 4 nitrogen and oxygen atoms in total. The Hall–Kier alpha value is -0.780. The van der Waals surface area contributed by atoms with E-state index in [1.54, 1.807) is 14.2 Å². The van der Waals surface area contributed by atoms with E-state index in [0.29, 0.717) is 11.5 Å². The van der Waals surface area contributed by atoms with Crippen molar-refractivity contribution < 1.29 is 14.6 Å². The Morgan fingerprint density at radius 3 is 2.47 bits per heavy atom. The van der Waals surface area contributed by atoms with Crippen LogP contribution in [0.2, 0.25) is 0 Å². The molecular formula is C14H20BrNO3. The highest BCUT2D eigenvalue weighted by Gasteiger charge is 2.24. The Kier molecular flexibility index (Phi) is 5.07. The van der Waals surface area contributed by atoms with Crippen molar-refractivity contribution >= 4 is 15.9 Å². The summed E-state index contributed by atoms with van der Waals surface area (Å²) >= 11 is 3.53. The molecule has 0 aromatic heterocycles. The number of benzene rings is 1. The van der Waals surface area contributed by atoms with E-state index in [9.17, 15) is 5.11 Å². The lowest BCUT2D eigenvalue weighted by Crippen LogP contribution is -2.26. The SMILES string of the molecule is COc1cc(Br)c(C(CO)NCC2CC2)cc1OC. The normalized spacial score (nSPS) is 16.2. The molecule has 0 saturated heterocycles. The van der Waals surface area contributed by atoms with Crippen LogP contribution in [-0.4, -0.2) is 32.5 Å². The maximum Gasteiger partial charge on any atom is 0.161 e. The highest BCUT2D eigenvalue weighted by atomic mass is 79.9. The van der Waals surface area contributed by atoms with Crippen LogP contribution >= 0.6 is 15.9 Å². The first kappa shape index (κ1) is 14.6. The summed E-state index contributed by atoms with van der Waals surface area (Å²) in [6, 6.07) is 3.69. The van der Waals surface area contributed by atoms with Crippen LogP contribution < -0.4 is 14.8 Å². The number of methoxy groups -OCH3 is 2. The average molecular weight is 330 g/mol. The van der Waals surface area contributed by atoms with Crippen LogP contribution in [0.15, 0.2) is 16.6 Å². The maximum absolute atomic E-state index is 9.57. The first-order chi connectivity index (χ1) is 9.19. The molecule has 0 heterocycles. The maximum atomic E-state index is 9.57. The van der Waals surface area contributed by atoms with E-state index in [1.165, 1.54) is 12.8 Å². The van der Waals surface area contributed by atoms with Crippen LogP contribution in [0.25, 0.3) is 0 Å². The van der Waals surface area contributed by atoms with Crippen LogP contribution in [0.4, 0.5) is 0 Å². The lowest BCUT2D eigenvalue weighted by molar-refractivity contribution is 0.242. The summed E-state index contributed by atoms with van der Waals surface area (Å²) in [5, 5.41) is 13.0. The van der Waals surface area contributed by atoms with Crippen LogP contribution in [0.3, 0.4) is 0 Å². The smallest absolute Gasteiger partial charge is 0.161 e. The minimum absolute atomic E-state index is 0.0564. The number of rotatable bonds is 7. The second-order valence-electron chi connectivity index (χ2n) is 4.82. The van der Waals surface area contributed by atoms with E-state index in [-0.39, 0.29) is 12.6 Å². The summed E-state index contributed by atoms with van der Waals surface area (Å²) in [6.45, 7) is 1.01. The molecule has 1 atom stereocenters. The van der Waals surface area contributed by atoms with Gasteiger partial charge in [0.25, 0.3) is 0 Å². The van der Waals surface area contributed by atoms with Gasteiger partial charge in [0.05, 0.1) is 26.9 Å². The summed E-state index contributed by atoms with van der Waals surface area (Å²) in [6.07, 6.45) is 2.58. The van der Waals surface area contributed by atoms with Gasteiger partial charge >= 0.3 is 0 Å². The molecule has 1 aliphatic rings. The van der Waals surface area contributed by atoms with Crippen molar-refractivity contribution in [3.05, 3.63) is 22.2 Å². The number of ether oxygens (including phenoxy) is 2. The number of aliphatic hydroxyl groups is 1. The second kappa shape index (κ2) is 6.59. The van der Waals surface area contributed by atoms with Crippen LogP contribution in [0.1, 0.15) is 24.4 Å². The van der Waals surface area contributed by atoms with Crippen LogP contribution in [0.5, 0.6) is 11.5 Å². The molecule has 1 aromatic rings. The molecule has 1 saturated carbocycles. The number of nitrogens with one attached hydrogen (secondary N) is 1. The van der Waals surface area contributed by atoms with Gasteiger partial charge in [-0.05, 0) is 43.0 Å². The number of halogens is 1. The lowest BCUT2D eigenvalue weighted by Gasteiger charge is -2.20. The van der Waals surface area contributed by atoms with Gasteiger partial charge in [-0.3, -0.25) is 0 Å². The minimum atomic E-state index is -0.0882. The van der Waals surface area contributed by atoms with Gasteiger partial charge in [0.15, 0.2) is 11.5 Å². The Labute approximate surface area is 122 Å². The molecule has 106 valence electrons. The predicted octanol–water partition coefficient (Wildman–Crippen LogP) is 2.50. The molecule has 0 spiro atoms. The number of aliphatic hydroxyl groups excluding tert-OH is 1. The quantitative estimate of drug-likeness (QED) is 0.807. The molecule has 19 heavy (non-hydrogen) atoms. The molecule has 1 aromatic carbocycles. The molecule has 0 bridgehead atoms. The molecule has 1 unspecified atom stereocenters. The lowest BCUT2D eigenvalue weighted by atomic mass is 10.1. The van der Waals surface area contributed by atoms with E-state index in [2.05, 4.69) is 21.2 Å². The molecule has 2 N–H and O–H groups in total.